The van der Waals surface area contributed by atoms with Crippen LogP contribution in [0.15, 0.2) is 48.5 Å². The number of carbonyl (C=O) groups excluding carboxylic acids is 2. The third kappa shape index (κ3) is 4.58. The second-order valence-electron chi connectivity index (χ2n) is 4.96. The molecule has 126 valence electrons. The van der Waals surface area contributed by atoms with Crippen LogP contribution in [0.4, 0.5) is 18.9 Å². The Kier molecular flexibility index (Phi) is 5.23. The summed E-state index contributed by atoms with van der Waals surface area (Å²) < 4.78 is 42.7. The van der Waals surface area contributed by atoms with Gasteiger partial charge in [-0.25, -0.2) is 0 Å². The number of hydrogen-bond acceptors (Lipinski definition) is 3. The summed E-state index contributed by atoms with van der Waals surface area (Å²) in [5.74, 6) is -0.477. The molecule has 1 N–H and O–H groups in total. The summed E-state index contributed by atoms with van der Waals surface area (Å²) in [5.41, 5.74) is -0.233. The monoisotopic (exact) mass is 337 g/mol. The SMILES string of the molecule is CC(=O)c1ccccc1OCC(=O)Nc1ccc(C(F)(F)F)cc1. The first-order valence-electron chi connectivity index (χ1n) is 6.97. The topological polar surface area (TPSA) is 55.4 Å². The Balaban J connectivity index is 1.96. The molecule has 2 rings (SSSR count). The molecular formula is C17H14F3NO3. The van der Waals surface area contributed by atoms with Gasteiger partial charge in [-0.1, -0.05) is 12.1 Å². The lowest BCUT2D eigenvalue weighted by atomic mass is 10.1. The minimum atomic E-state index is -4.43. The van der Waals surface area contributed by atoms with Crippen LogP contribution in [0.25, 0.3) is 0 Å². The lowest BCUT2D eigenvalue weighted by Gasteiger charge is -2.11. The Morgan fingerprint density at radius 2 is 1.67 bits per heavy atom. The first kappa shape index (κ1) is 17.5. The van der Waals surface area contributed by atoms with Gasteiger partial charge in [-0.15, -0.1) is 0 Å². The van der Waals surface area contributed by atoms with Crippen LogP contribution in [0.3, 0.4) is 0 Å². The van der Waals surface area contributed by atoms with Crippen molar-refractivity contribution < 1.29 is 27.5 Å². The van der Waals surface area contributed by atoms with Crippen LogP contribution in [-0.4, -0.2) is 18.3 Å². The van der Waals surface area contributed by atoms with Gasteiger partial charge in [0.15, 0.2) is 12.4 Å². The van der Waals surface area contributed by atoms with Crippen molar-refractivity contribution in [2.24, 2.45) is 0 Å². The molecule has 2 aromatic carbocycles. The molecule has 0 spiro atoms. The van der Waals surface area contributed by atoms with E-state index in [0.29, 0.717) is 5.56 Å². The number of Topliss-reactive ketones (excluding diaryl/α,β-unsaturated/α-hetero) is 1. The van der Waals surface area contributed by atoms with Crippen LogP contribution < -0.4 is 10.1 Å². The molecule has 0 saturated heterocycles. The maximum atomic E-state index is 12.5. The fourth-order valence-electron chi connectivity index (χ4n) is 1.97. The molecule has 0 aliphatic carbocycles. The molecule has 0 aromatic heterocycles. The first-order valence-corrected chi connectivity index (χ1v) is 6.97. The minimum Gasteiger partial charge on any atom is -0.483 e. The number of para-hydroxylation sites is 1. The van der Waals surface area contributed by atoms with Gasteiger partial charge in [-0.3, -0.25) is 9.59 Å². The molecule has 4 nitrogen and oxygen atoms in total. The normalized spacial score (nSPS) is 11.0. The highest BCUT2D eigenvalue weighted by atomic mass is 19.4. The number of carbonyl (C=O) groups is 2. The van der Waals surface area contributed by atoms with E-state index in [1.807, 2.05) is 0 Å². The quantitative estimate of drug-likeness (QED) is 0.841. The zero-order valence-corrected chi connectivity index (χ0v) is 12.7. The number of ether oxygens (including phenoxy) is 1. The van der Waals surface area contributed by atoms with E-state index in [9.17, 15) is 22.8 Å². The van der Waals surface area contributed by atoms with Crippen LogP contribution in [-0.2, 0) is 11.0 Å². The third-order valence-corrected chi connectivity index (χ3v) is 3.12. The second kappa shape index (κ2) is 7.16. The van der Waals surface area contributed by atoms with Crippen LogP contribution >= 0.6 is 0 Å². The van der Waals surface area contributed by atoms with E-state index < -0.39 is 17.6 Å². The van der Waals surface area contributed by atoms with Crippen LogP contribution in [0.5, 0.6) is 5.75 Å². The molecule has 0 radical (unpaired) electrons. The average molecular weight is 337 g/mol. The van der Waals surface area contributed by atoms with Crippen LogP contribution in [0.1, 0.15) is 22.8 Å². The molecule has 0 unspecified atom stereocenters. The Labute approximate surface area is 136 Å². The molecular weight excluding hydrogens is 323 g/mol. The van der Waals surface area contributed by atoms with E-state index in [1.165, 1.54) is 6.92 Å². The van der Waals surface area contributed by atoms with Crippen molar-refractivity contribution in [3.63, 3.8) is 0 Å². The molecule has 0 saturated carbocycles. The number of rotatable bonds is 5. The summed E-state index contributed by atoms with van der Waals surface area (Å²) in [6.07, 6.45) is -4.43. The highest BCUT2D eigenvalue weighted by Crippen LogP contribution is 2.29. The smallest absolute Gasteiger partial charge is 0.416 e. The molecule has 0 fully saturated rings. The van der Waals surface area contributed by atoms with Gasteiger partial charge in [0.25, 0.3) is 5.91 Å². The lowest BCUT2D eigenvalue weighted by molar-refractivity contribution is -0.137. The predicted molar refractivity (Wildman–Crippen MR) is 82.0 cm³/mol. The molecule has 0 bridgehead atoms. The number of benzene rings is 2. The summed E-state index contributed by atoms with van der Waals surface area (Å²) in [7, 11) is 0. The van der Waals surface area contributed by atoms with Gasteiger partial charge in [0.05, 0.1) is 11.1 Å². The van der Waals surface area contributed by atoms with Crippen molar-refractivity contribution in [2.75, 3.05) is 11.9 Å². The van der Waals surface area contributed by atoms with Crippen molar-refractivity contribution >= 4 is 17.4 Å². The number of anilines is 1. The van der Waals surface area contributed by atoms with Gasteiger partial charge in [-0.05, 0) is 43.3 Å². The number of ketones is 1. The first-order chi connectivity index (χ1) is 11.3. The summed E-state index contributed by atoms with van der Waals surface area (Å²) in [5, 5.41) is 2.42. The average Bonchev–Trinajstić information content (AvgIpc) is 2.53. The number of amides is 1. The largest absolute Gasteiger partial charge is 0.483 e. The van der Waals surface area contributed by atoms with Crippen molar-refractivity contribution in [3.8, 4) is 5.75 Å². The molecule has 1 amide bonds. The molecule has 7 heteroatoms. The Morgan fingerprint density at radius 3 is 2.25 bits per heavy atom. The third-order valence-electron chi connectivity index (χ3n) is 3.12. The Morgan fingerprint density at radius 1 is 1.04 bits per heavy atom. The summed E-state index contributed by atoms with van der Waals surface area (Å²) in [4.78, 5) is 23.2. The van der Waals surface area contributed by atoms with Gasteiger partial charge >= 0.3 is 6.18 Å². The standard InChI is InChI=1S/C17H14F3NO3/c1-11(22)14-4-2-3-5-15(14)24-10-16(23)21-13-8-6-12(7-9-13)17(18,19)20/h2-9H,10H2,1H3,(H,21,23). The van der Waals surface area contributed by atoms with Crippen LogP contribution in [0.2, 0.25) is 0 Å². The van der Waals surface area contributed by atoms with Gasteiger partial charge in [0.2, 0.25) is 0 Å². The van der Waals surface area contributed by atoms with Crippen molar-refractivity contribution in [1.82, 2.24) is 0 Å². The lowest BCUT2D eigenvalue weighted by Crippen LogP contribution is -2.20. The summed E-state index contributed by atoms with van der Waals surface area (Å²) in [6, 6.07) is 10.5. The zero-order valence-electron chi connectivity index (χ0n) is 12.7. The molecule has 0 aliphatic heterocycles. The summed E-state index contributed by atoms with van der Waals surface area (Å²) in [6.45, 7) is 1.01. The van der Waals surface area contributed by atoms with Crippen molar-refractivity contribution in [3.05, 3.63) is 59.7 Å². The van der Waals surface area contributed by atoms with Gasteiger partial charge in [0.1, 0.15) is 5.75 Å². The van der Waals surface area contributed by atoms with E-state index in [1.54, 1.807) is 24.3 Å². The number of alkyl halides is 3. The van der Waals surface area contributed by atoms with E-state index >= 15 is 0 Å². The Hall–Kier alpha value is -2.83. The minimum absolute atomic E-state index is 0.200. The highest BCUT2D eigenvalue weighted by Gasteiger charge is 2.29. The van der Waals surface area contributed by atoms with E-state index in [-0.39, 0.29) is 23.8 Å². The fraction of sp³-hybridized carbons (Fsp3) is 0.176. The molecule has 0 heterocycles. The van der Waals surface area contributed by atoms with Gasteiger partial charge in [0, 0.05) is 5.69 Å². The van der Waals surface area contributed by atoms with Gasteiger partial charge < -0.3 is 10.1 Å². The van der Waals surface area contributed by atoms with Crippen molar-refractivity contribution in [2.45, 2.75) is 13.1 Å². The van der Waals surface area contributed by atoms with Crippen molar-refractivity contribution in [1.29, 1.82) is 0 Å². The van der Waals surface area contributed by atoms with E-state index in [2.05, 4.69) is 5.32 Å². The fourth-order valence-corrected chi connectivity index (χ4v) is 1.97. The molecule has 2 aromatic rings. The zero-order chi connectivity index (χ0) is 17.7. The molecule has 0 aliphatic rings. The van der Waals surface area contributed by atoms with Crippen LogP contribution in [0, 0.1) is 0 Å². The van der Waals surface area contributed by atoms with E-state index in [4.69, 9.17) is 4.74 Å². The predicted octanol–water partition coefficient (Wildman–Crippen LogP) is 3.93. The number of hydrogen-bond donors (Lipinski definition) is 1. The highest BCUT2D eigenvalue weighted by molar-refractivity contribution is 5.97. The summed E-state index contributed by atoms with van der Waals surface area (Å²) >= 11 is 0. The number of halogens is 3. The molecule has 0 atom stereocenters. The van der Waals surface area contributed by atoms with E-state index in [0.717, 1.165) is 24.3 Å². The second-order valence-corrected chi connectivity index (χ2v) is 4.96. The maximum absolute atomic E-state index is 12.5. The maximum Gasteiger partial charge on any atom is 0.416 e. The molecule has 24 heavy (non-hydrogen) atoms. The number of nitrogens with one attached hydrogen (secondary N) is 1. The van der Waals surface area contributed by atoms with Gasteiger partial charge in [-0.2, -0.15) is 13.2 Å². The Bertz CT molecular complexity index is 739.